The summed E-state index contributed by atoms with van der Waals surface area (Å²) in [6, 6.07) is 13.1. The quantitative estimate of drug-likeness (QED) is 0.888. The zero-order valence-electron chi connectivity index (χ0n) is 11.3. The SMILES string of the molecule is Cc1ccc2c(c1)C(Nc1ccc(C#N)cc1F)CC2. The predicted octanol–water partition coefficient (Wildman–Crippen LogP) is 4.11. The first kappa shape index (κ1) is 12.7. The highest BCUT2D eigenvalue weighted by molar-refractivity contribution is 5.52. The average molecular weight is 266 g/mol. The molecule has 20 heavy (non-hydrogen) atoms. The second kappa shape index (κ2) is 4.97. The number of nitriles is 1. The number of halogens is 1. The molecule has 0 bridgehead atoms. The van der Waals surface area contributed by atoms with Crippen LogP contribution < -0.4 is 5.32 Å². The highest BCUT2D eigenvalue weighted by Gasteiger charge is 2.23. The van der Waals surface area contributed by atoms with Gasteiger partial charge in [0.15, 0.2) is 0 Å². The number of nitrogens with zero attached hydrogens (tertiary/aromatic N) is 1. The molecule has 0 fully saturated rings. The van der Waals surface area contributed by atoms with E-state index in [0.717, 1.165) is 12.8 Å². The summed E-state index contributed by atoms with van der Waals surface area (Å²) in [6.45, 7) is 2.07. The lowest BCUT2D eigenvalue weighted by atomic mass is 10.0. The van der Waals surface area contributed by atoms with Crippen molar-refractivity contribution in [1.29, 1.82) is 5.26 Å². The Balaban J connectivity index is 1.88. The minimum atomic E-state index is -0.370. The van der Waals surface area contributed by atoms with Crippen molar-refractivity contribution in [1.82, 2.24) is 0 Å². The first-order chi connectivity index (χ1) is 9.67. The van der Waals surface area contributed by atoms with Crippen LogP contribution >= 0.6 is 0 Å². The first-order valence-electron chi connectivity index (χ1n) is 6.73. The molecule has 0 saturated heterocycles. The summed E-state index contributed by atoms with van der Waals surface area (Å²) < 4.78 is 13.9. The molecule has 1 N–H and O–H groups in total. The maximum absolute atomic E-state index is 13.9. The summed E-state index contributed by atoms with van der Waals surface area (Å²) in [5.74, 6) is -0.370. The Kier molecular flexibility index (Phi) is 3.15. The zero-order chi connectivity index (χ0) is 14.1. The van der Waals surface area contributed by atoms with E-state index in [1.807, 2.05) is 6.07 Å². The summed E-state index contributed by atoms with van der Waals surface area (Å²) in [5, 5.41) is 12.0. The van der Waals surface area contributed by atoms with Gasteiger partial charge in [-0.1, -0.05) is 23.8 Å². The summed E-state index contributed by atoms with van der Waals surface area (Å²) in [4.78, 5) is 0. The summed E-state index contributed by atoms with van der Waals surface area (Å²) >= 11 is 0. The van der Waals surface area contributed by atoms with Crippen molar-refractivity contribution >= 4 is 5.69 Å². The van der Waals surface area contributed by atoms with Crippen LogP contribution in [0.1, 0.15) is 34.7 Å². The van der Waals surface area contributed by atoms with E-state index in [2.05, 4.69) is 30.4 Å². The lowest BCUT2D eigenvalue weighted by molar-refractivity contribution is 0.624. The standard InChI is InChI=1S/C17H15FN2/c1-11-2-4-13-5-7-16(14(13)8-11)20-17-6-3-12(10-19)9-15(17)18/h2-4,6,8-9,16,20H,5,7H2,1H3. The van der Waals surface area contributed by atoms with E-state index < -0.39 is 0 Å². The number of fused-ring (bicyclic) bond motifs is 1. The Bertz CT molecular complexity index is 701. The van der Waals surface area contributed by atoms with Crippen LogP contribution in [0.3, 0.4) is 0 Å². The molecule has 1 aliphatic rings. The smallest absolute Gasteiger partial charge is 0.147 e. The van der Waals surface area contributed by atoms with Gasteiger partial charge >= 0.3 is 0 Å². The maximum Gasteiger partial charge on any atom is 0.147 e. The fraction of sp³-hybridized carbons (Fsp3) is 0.235. The summed E-state index contributed by atoms with van der Waals surface area (Å²) in [7, 11) is 0. The lowest BCUT2D eigenvalue weighted by Gasteiger charge is -2.16. The fourth-order valence-corrected chi connectivity index (χ4v) is 2.76. The molecular weight excluding hydrogens is 251 g/mol. The van der Waals surface area contributed by atoms with Crippen molar-refractivity contribution in [3.05, 3.63) is 64.5 Å². The number of rotatable bonds is 2. The van der Waals surface area contributed by atoms with Crippen LogP contribution in [0.15, 0.2) is 36.4 Å². The third-order valence-electron chi connectivity index (χ3n) is 3.81. The van der Waals surface area contributed by atoms with Crippen LogP contribution in [0.25, 0.3) is 0 Å². The van der Waals surface area contributed by atoms with Gasteiger partial charge in [-0.15, -0.1) is 0 Å². The first-order valence-corrected chi connectivity index (χ1v) is 6.73. The Morgan fingerprint density at radius 1 is 1.25 bits per heavy atom. The molecule has 0 aromatic heterocycles. The highest BCUT2D eigenvalue weighted by atomic mass is 19.1. The Morgan fingerprint density at radius 3 is 2.85 bits per heavy atom. The summed E-state index contributed by atoms with van der Waals surface area (Å²) in [6.07, 6.45) is 1.99. The molecule has 1 unspecified atom stereocenters. The van der Waals surface area contributed by atoms with Gasteiger partial charge in [0.05, 0.1) is 23.4 Å². The molecule has 1 aliphatic carbocycles. The average Bonchev–Trinajstić information content (AvgIpc) is 2.83. The third-order valence-corrected chi connectivity index (χ3v) is 3.81. The molecule has 0 spiro atoms. The van der Waals surface area contributed by atoms with Gasteiger partial charge in [0.2, 0.25) is 0 Å². The predicted molar refractivity (Wildman–Crippen MR) is 77.0 cm³/mol. The molecular formula is C17H15FN2. The molecule has 0 aliphatic heterocycles. The van der Waals surface area contributed by atoms with Gasteiger partial charge in [0.1, 0.15) is 5.82 Å². The van der Waals surface area contributed by atoms with Gasteiger partial charge in [-0.3, -0.25) is 0 Å². The van der Waals surface area contributed by atoms with Gasteiger partial charge in [-0.2, -0.15) is 5.26 Å². The third kappa shape index (κ3) is 2.25. The van der Waals surface area contributed by atoms with E-state index in [-0.39, 0.29) is 11.9 Å². The van der Waals surface area contributed by atoms with Crippen molar-refractivity contribution in [2.75, 3.05) is 5.32 Å². The topological polar surface area (TPSA) is 35.8 Å². The van der Waals surface area contributed by atoms with Crippen molar-refractivity contribution < 1.29 is 4.39 Å². The van der Waals surface area contributed by atoms with E-state index >= 15 is 0 Å². The molecule has 0 amide bonds. The van der Waals surface area contributed by atoms with Crippen molar-refractivity contribution in [2.24, 2.45) is 0 Å². The number of nitrogens with one attached hydrogen (secondary N) is 1. The second-order valence-electron chi connectivity index (χ2n) is 5.24. The van der Waals surface area contributed by atoms with Crippen LogP contribution in [0.4, 0.5) is 10.1 Å². The number of anilines is 1. The van der Waals surface area contributed by atoms with E-state index in [9.17, 15) is 4.39 Å². The van der Waals surface area contributed by atoms with Crippen LogP contribution in [0.5, 0.6) is 0 Å². The molecule has 3 heteroatoms. The molecule has 1 atom stereocenters. The lowest BCUT2D eigenvalue weighted by Crippen LogP contribution is -2.08. The maximum atomic E-state index is 13.9. The summed E-state index contributed by atoms with van der Waals surface area (Å²) in [5.41, 5.74) is 4.62. The Morgan fingerprint density at radius 2 is 2.10 bits per heavy atom. The number of hydrogen-bond acceptors (Lipinski definition) is 2. The molecule has 100 valence electrons. The molecule has 3 rings (SSSR count). The van der Waals surface area contributed by atoms with Gasteiger partial charge in [-0.05, 0) is 49.1 Å². The zero-order valence-corrected chi connectivity index (χ0v) is 11.3. The van der Waals surface area contributed by atoms with Gasteiger partial charge in [0, 0.05) is 0 Å². The van der Waals surface area contributed by atoms with Crippen molar-refractivity contribution in [2.45, 2.75) is 25.8 Å². The minimum absolute atomic E-state index is 0.146. The number of aryl methyl sites for hydroxylation is 2. The molecule has 2 aromatic rings. The molecule has 0 heterocycles. The van der Waals surface area contributed by atoms with E-state index in [1.165, 1.54) is 22.8 Å². The number of hydrogen-bond donors (Lipinski definition) is 1. The Hall–Kier alpha value is -2.34. The minimum Gasteiger partial charge on any atom is -0.376 e. The van der Waals surface area contributed by atoms with E-state index in [4.69, 9.17) is 5.26 Å². The van der Waals surface area contributed by atoms with Crippen LogP contribution in [0.2, 0.25) is 0 Å². The molecule has 2 aromatic carbocycles. The second-order valence-corrected chi connectivity index (χ2v) is 5.24. The fourth-order valence-electron chi connectivity index (χ4n) is 2.76. The van der Waals surface area contributed by atoms with Crippen LogP contribution in [0, 0.1) is 24.1 Å². The highest BCUT2D eigenvalue weighted by Crippen LogP contribution is 2.35. The van der Waals surface area contributed by atoms with E-state index in [0.29, 0.717) is 11.3 Å². The van der Waals surface area contributed by atoms with Crippen LogP contribution in [-0.4, -0.2) is 0 Å². The molecule has 0 radical (unpaired) electrons. The monoisotopic (exact) mass is 266 g/mol. The molecule has 2 nitrogen and oxygen atoms in total. The molecule has 0 saturated carbocycles. The van der Waals surface area contributed by atoms with Gasteiger partial charge in [-0.25, -0.2) is 4.39 Å². The van der Waals surface area contributed by atoms with Gasteiger partial charge < -0.3 is 5.32 Å². The van der Waals surface area contributed by atoms with E-state index in [1.54, 1.807) is 12.1 Å². The number of benzene rings is 2. The normalized spacial score (nSPS) is 16.6. The van der Waals surface area contributed by atoms with Crippen LogP contribution in [-0.2, 0) is 6.42 Å². The largest absolute Gasteiger partial charge is 0.376 e. The van der Waals surface area contributed by atoms with Crippen molar-refractivity contribution in [3.8, 4) is 6.07 Å². The van der Waals surface area contributed by atoms with Gasteiger partial charge in [0.25, 0.3) is 0 Å². The Labute approximate surface area is 117 Å². The van der Waals surface area contributed by atoms with Crippen molar-refractivity contribution in [3.63, 3.8) is 0 Å².